The summed E-state index contributed by atoms with van der Waals surface area (Å²) in [5, 5.41) is 3.86. The van der Waals surface area contributed by atoms with E-state index in [0.29, 0.717) is 4.32 Å². The van der Waals surface area contributed by atoms with Crippen LogP contribution in [0, 0.1) is 0 Å². The van der Waals surface area contributed by atoms with Crippen LogP contribution < -0.4 is 34.0 Å². The number of hydrogen-bond donors (Lipinski definition) is 0. The number of nitrogens with zero attached hydrogens (tertiary/aromatic N) is 1. The Morgan fingerprint density at radius 1 is 1.33 bits per heavy atom. The van der Waals surface area contributed by atoms with E-state index in [1.807, 2.05) is 0 Å². The Hall–Kier alpha value is 2.60. The molecular weight excluding hydrogens is 347 g/mol. The summed E-state index contributed by atoms with van der Waals surface area (Å²) in [5.41, 5.74) is 0. The van der Waals surface area contributed by atoms with Crippen molar-refractivity contribution in [3.8, 4) is 0 Å². The van der Waals surface area contributed by atoms with Crippen LogP contribution in [-0.4, -0.2) is 57.0 Å². The molecule has 0 radical (unpaired) electrons. The van der Waals surface area contributed by atoms with Crippen molar-refractivity contribution >= 4 is 75.3 Å². The first-order chi connectivity index (χ1) is 3.77. The molecule has 0 amide bonds. The molecule has 0 aromatic carbocycles. The molecule has 0 saturated heterocycles. The van der Waals surface area contributed by atoms with E-state index < -0.39 is 0 Å². The maximum absolute atomic E-state index is 4.56. The van der Waals surface area contributed by atoms with Gasteiger partial charge in [0.15, 0.2) is 0 Å². The maximum Gasteiger partial charge on any atom is 2.00 e. The van der Waals surface area contributed by atoms with Crippen LogP contribution in [0.25, 0.3) is 5.32 Å². The van der Waals surface area contributed by atoms with Gasteiger partial charge in [0, 0.05) is 0 Å². The predicted octanol–water partition coefficient (Wildman–Crippen LogP) is -4.76. The van der Waals surface area contributed by atoms with Gasteiger partial charge in [0.25, 0.3) is 0 Å². The van der Waals surface area contributed by atoms with E-state index in [1.165, 1.54) is 0 Å². The van der Waals surface area contributed by atoms with E-state index in [2.05, 4.69) is 37.1 Å². The second-order valence-electron chi connectivity index (χ2n) is 1.50. The molecule has 0 saturated carbocycles. The van der Waals surface area contributed by atoms with Crippen LogP contribution >= 0.6 is 12.2 Å². The van der Waals surface area contributed by atoms with Crippen LogP contribution in [-0.2, 0) is 12.6 Å². The fraction of sp³-hybridized carbons (Fsp3) is 0.800. The van der Waals surface area contributed by atoms with E-state index in [9.17, 15) is 0 Å². The first-order valence-electron chi connectivity index (χ1n) is 2.66. The molecule has 0 aliphatic rings. The Balaban J connectivity index is -0.0000000408. The second-order valence-corrected chi connectivity index (χ2v) is 2.53. The van der Waals surface area contributed by atoms with Crippen molar-refractivity contribution in [2.24, 2.45) is 0 Å². The van der Waals surface area contributed by atoms with E-state index >= 15 is 0 Å². The molecule has 0 aliphatic heterocycles. The van der Waals surface area contributed by atoms with E-state index in [-0.39, 0.29) is 80.1 Å². The molecule has 1 nitrogen and oxygen atoms in total. The molecule has 0 spiro atoms. The standard InChI is InChI=1S/C5H11NS2.2BrH.2Mg/c1-2-3-4-6-5(7)8;;;;/h2-4H2,1H3,(H2,6,7,8);2*1H;;/q;;;2*+2/p-4. The molecule has 0 rings (SSSR count). The number of rotatable bonds is 3. The fourth-order valence-electron chi connectivity index (χ4n) is 0.328. The van der Waals surface area contributed by atoms with E-state index in [0.717, 1.165) is 19.4 Å². The summed E-state index contributed by atoms with van der Waals surface area (Å²) in [6.07, 6.45) is 2.25. The Labute approximate surface area is 139 Å². The third kappa shape index (κ3) is 29.4. The normalized spacial score (nSPS) is 5.75. The molecule has 0 N–H and O–H groups in total. The molecule has 0 heterocycles. The van der Waals surface area contributed by atoms with Gasteiger partial charge >= 0.3 is 46.1 Å². The second kappa shape index (κ2) is 23.4. The van der Waals surface area contributed by atoms with Crippen LogP contribution in [0.2, 0.25) is 0 Å². The molecule has 12 heavy (non-hydrogen) atoms. The third-order valence-corrected chi connectivity index (χ3v) is 1.01. The van der Waals surface area contributed by atoms with E-state index in [4.69, 9.17) is 0 Å². The van der Waals surface area contributed by atoms with Gasteiger partial charge in [-0.2, -0.15) is 0 Å². The number of thiocarbonyl (C=S) groups is 1. The minimum atomic E-state index is 0. The van der Waals surface area contributed by atoms with Crippen LogP contribution in [0.1, 0.15) is 19.8 Å². The van der Waals surface area contributed by atoms with Crippen molar-refractivity contribution in [2.45, 2.75) is 19.8 Å². The van der Waals surface area contributed by atoms with Crippen LogP contribution in [0.3, 0.4) is 0 Å². The average Bonchev–Trinajstić information content (AvgIpc) is 1.66. The molecule has 0 unspecified atom stereocenters. The van der Waals surface area contributed by atoms with Crippen LogP contribution in [0.15, 0.2) is 0 Å². The fourth-order valence-corrected chi connectivity index (χ4v) is 0.511. The van der Waals surface area contributed by atoms with Gasteiger partial charge in [-0.1, -0.05) is 19.8 Å². The summed E-state index contributed by atoms with van der Waals surface area (Å²) < 4.78 is 0.360. The monoisotopic (exact) mass is 353 g/mol. The van der Waals surface area contributed by atoms with Crippen molar-refractivity contribution in [2.75, 3.05) is 6.54 Å². The van der Waals surface area contributed by atoms with Crippen molar-refractivity contribution in [3.05, 3.63) is 5.32 Å². The predicted molar refractivity (Wildman–Crippen MR) is 54.6 cm³/mol. The van der Waals surface area contributed by atoms with Gasteiger partial charge < -0.3 is 64.1 Å². The van der Waals surface area contributed by atoms with Gasteiger partial charge in [-0.05, 0) is 0 Å². The molecule has 0 aromatic rings. The zero-order valence-electron chi connectivity index (χ0n) is 7.06. The minimum Gasteiger partial charge on any atom is -1.00 e. The molecule has 0 aromatic heterocycles. The Morgan fingerprint density at radius 2 is 1.75 bits per heavy atom. The topological polar surface area (TPSA) is 14.1 Å². The number of halogens is 2. The zero-order valence-corrected chi connectivity index (χ0v) is 14.7. The molecular formula is C5H9Br2Mg2NS2. The van der Waals surface area contributed by atoms with Gasteiger partial charge in [-0.15, -0.1) is 6.54 Å². The minimum absolute atomic E-state index is 0. The van der Waals surface area contributed by atoms with Gasteiger partial charge in [0.1, 0.15) is 0 Å². The van der Waals surface area contributed by atoms with Gasteiger partial charge in [-0.25, -0.2) is 0 Å². The number of unbranched alkanes of at least 4 members (excludes halogenated alkanes) is 1. The van der Waals surface area contributed by atoms with Crippen LogP contribution in [0.5, 0.6) is 0 Å². The summed E-state index contributed by atoms with van der Waals surface area (Å²) in [5.74, 6) is 0. The molecule has 64 valence electrons. The van der Waals surface area contributed by atoms with Crippen molar-refractivity contribution in [1.82, 2.24) is 0 Å². The van der Waals surface area contributed by atoms with Gasteiger partial charge in [0.2, 0.25) is 0 Å². The maximum atomic E-state index is 4.56. The Bertz CT molecular complexity index is 87.8. The molecule has 0 atom stereocenters. The summed E-state index contributed by atoms with van der Waals surface area (Å²) in [7, 11) is 0. The smallest absolute Gasteiger partial charge is 1.00 e. The summed E-state index contributed by atoms with van der Waals surface area (Å²) in [6, 6.07) is 0. The third-order valence-electron chi connectivity index (χ3n) is 0.753. The first kappa shape index (κ1) is 29.3. The molecule has 0 aliphatic carbocycles. The first-order valence-corrected chi connectivity index (χ1v) is 3.47. The van der Waals surface area contributed by atoms with Gasteiger partial charge in [-0.3, -0.25) is 4.32 Å². The number of hydrogen-bond acceptors (Lipinski definition) is 2. The largest absolute Gasteiger partial charge is 2.00 e. The zero-order chi connectivity index (χ0) is 6.41. The summed E-state index contributed by atoms with van der Waals surface area (Å²) in [6.45, 7) is 2.92. The van der Waals surface area contributed by atoms with Gasteiger partial charge in [0.05, 0.1) is 0 Å². The summed E-state index contributed by atoms with van der Waals surface area (Å²) >= 11 is 9.11. The Kier molecular flexibility index (Phi) is 57.2. The molecule has 7 heteroatoms. The molecule has 0 bridgehead atoms. The average molecular weight is 356 g/mol. The van der Waals surface area contributed by atoms with Crippen molar-refractivity contribution in [1.29, 1.82) is 0 Å². The summed E-state index contributed by atoms with van der Waals surface area (Å²) in [4.78, 5) is 0. The molecule has 0 fully saturated rings. The van der Waals surface area contributed by atoms with E-state index in [1.54, 1.807) is 0 Å². The quantitative estimate of drug-likeness (QED) is 0.218. The van der Waals surface area contributed by atoms with Crippen molar-refractivity contribution < 1.29 is 34.0 Å². The van der Waals surface area contributed by atoms with Crippen LogP contribution in [0.4, 0.5) is 0 Å². The van der Waals surface area contributed by atoms with Crippen molar-refractivity contribution in [3.63, 3.8) is 0 Å². The SMILES string of the molecule is CCCC[N-]C(=S)[S-].[Br-].[Br-].[Mg+2].[Mg+2]. The Morgan fingerprint density at radius 3 is 2.00 bits per heavy atom.